The summed E-state index contributed by atoms with van der Waals surface area (Å²) in [7, 11) is 1.57. The minimum absolute atomic E-state index is 0.0265. The third-order valence-corrected chi connectivity index (χ3v) is 6.19. The molecule has 0 unspecified atom stereocenters. The monoisotopic (exact) mass is 498 g/mol. The molecule has 3 aromatic heterocycles. The van der Waals surface area contributed by atoms with E-state index in [-0.39, 0.29) is 11.4 Å². The molecule has 3 N–H and O–H groups in total. The molecule has 9 heteroatoms. The van der Waals surface area contributed by atoms with Crippen LogP contribution in [0.5, 0.6) is 5.75 Å². The second-order valence-corrected chi connectivity index (χ2v) is 8.63. The van der Waals surface area contributed by atoms with Crippen LogP contribution >= 0.6 is 0 Å². The number of methoxy groups -OCH3 is 1. The van der Waals surface area contributed by atoms with Crippen LogP contribution in [0.15, 0.2) is 70.9 Å². The summed E-state index contributed by atoms with van der Waals surface area (Å²) in [5, 5.41) is 12.3. The molecule has 37 heavy (non-hydrogen) atoms. The molecule has 0 aliphatic heterocycles. The molecule has 0 aliphatic carbocycles. The van der Waals surface area contributed by atoms with E-state index in [2.05, 4.69) is 22.0 Å². The number of hydrogen-bond donors (Lipinski definition) is 2. The zero-order valence-corrected chi connectivity index (χ0v) is 21.2. The summed E-state index contributed by atoms with van der Waals surface area (Å²) in [4.78, 5) is 27.6. The Kier molecular flexibility index (Phi) is 7.92. The van der Waals surface area contributed by atoms with Crippen LogP contribution in [0.1, 0.15) is 48.1 Å². The van der Waals surface area contributed by atoms with E-state index in [9.17, 15) is 4.79 Å². The van der Waals surface area contributed by atoms with Crippen molar-refractivity contribution in [3.8, 4) is 22.7 Å². The van der Waals surface area contributed by atoms with Crippen LogP contribution in [-0.2, 0) is 12.8 Å². The molecule has 0 fully saturated rings. The van der Waals surface area contributed by atoms with Gasteiger partial charge < -0.3 is 15.7 Å². The third-order valence-electron chi connectivity index (χ3n) is 6.19. The summed E-state index contributed by atoms with van der Waals surface area (Å²) in [6, 6.07) is 14.7. The number of pyridine rings is 2. The Balaban J connectivity index is 1.73. The van der Waals surface area contributed by atoms with Crippen LogP contribution in [0, 0.1) is 6.92 Å². The van der Waals surface area contributed by atoms with Gasteiger partial charge in [0.25, 0.3) is 5.56 Å². The van der Waals surface area contributed by atoms with Gasteiger partial charge in [0.05, 0.1) is 19.0 Å². The van der Waals surface area contributed by atoms with Crippen LogP contribution in [0.4, 0.5) is 0 Å². The number of aryl methyl sites for hydroxylation is 2. The highest BCUT2D eigenvalue weighted by Crippen LogP contribution is 2.24. The van der Waals surface area contributed by atoms with Crippen molar-refractivity contribution >= 4 is 5.84 Å². The van der Waals surface area contributed by atoms with E-state index in [4.69, 9.17) is 20.7 Å². The molecule has 190 valence electrons. The first-order valence-corrected chi connectivity index (χ1v) is 12.1. The fourth-order valence-corrected chi connectivity index (χ4v) is 4.22. The van der Waals surface area contributed by atoms with Gasteiger partial charge >= 0.3 is 0 Å². The van der Waals surface area contributed by atoms with E-state index in [0.717, 1.165) is 35.4 Å². The number of nitrogens with zero attached hydrogens (tertiary/aromatic N) is 5. The van der Waals surface area contributed by atoms with Gasteiger partial charge in [-0.3, -0.25) is 9.78 Å². The smallest absolute Gasteiger partial charge is 0.263 e. The molecule has 0 saturated heterocycles. The zero-order valence-electron chi connectivity index (χ0n) is 21.2. The highest BCUT2D eigenvalue weighted by molar-refractivity contribution is 6.03. The number of hydrogen-bond acceptors (Lipinski definition) is 7. The van der Waals surface area contributed by atoms with Crippen molar-refractivity contribution in [3.05, 3.63) is 99.6 Å². The summed E-state index contributed by atoms with van der Waals surface area (Å²) < 4.78 is 6.73. The Morgan fingerprint density at radius 3 is 2.57 bits per heavy atom. The van der Waals surface area contributed by atoms with Crippen molar-refractivity contribution in [1.29, 1.82) is 0 Å². The maximum absolute atomic E-state index is 13.7. The van der Waals surface area contributed by atoms with Gasteiger partial charge in [-0.05, 0) is 43.5 Å². The lowest BCUT2D eigenvalue weighted by molar-refractivity contribution is 0.318. The van der Waals surface area contributed by atoms with Crippen molar-refractivity contribution in [2.75, 3.05) is 7.11 Å². The third kappa shape index (κ3) is 5.50. The Morgan fingerprint density at radius 1 is 1.11 bits per heavy atom. The van der Waals surface area contributed by atoms with Gasteiger partial charge in [0, 0.05) is 35.0 Å². The maximum Gasteiger partial charge on any atom is 0.263 e. The molecule has 1 aromatic carbocycles. The van der Waals surface area contributed by atoms with Crippen molar-refractivity contribution < 1.29 is 9.94 Å². The van der Waals surface area contributed by atoms with Crippen LogP contribution in [0.25, 0.3) is 16.9 Å². The largest absolute Gasteiger partial charge is 0.495 e. The van der Waals surface area contributed by atoms with Crippen molar-refractivity contribution in [2.24, 2.45) is 10.9 Å². The number of ether oxygens (including phenoxy) is 1. The number of nitrogens with two attached hydrogens (primary N) is 1. The Bertz CT molecular complexity index is 1460. The molecule has 0 bridgehead atoms. The van der Waals surface area contributed by atoms with Crippen molar-refractivity contribution in [2.45, 2.75) is 39.5 Å². The van der Waals surface area contributed by atoms with E-state index in [1.54, 1.807) is 37.7 Å². The fourth-order valence-electron chi connectivity index (χ4n) is 4.22. The van der Waals surface area contributed by atoms with E-state index < -0.39 is 0 Å². The second-order valence-electron chi connectivity index (χ2n) is 8.63. The zero-order chi connectivity index (χ0) is 26.4. The lowest BCUT2D eigenvalue weighted by atomic mass is 9.99. The van der Waals surface area contributed by atoms with E-state index in [1.807, 2.05) is 37.3 Å². The van der Waals surface area contributed by atoms with Crippen LogP contribution in [0.2, 0.25) is 0 Å². The lowest BCUT2D eigenvalue weighted by Crippen LogP contribution is -2.29. The molecule has 0 aliphatic rings. The van der Waals surface area contributed by atoms with Gasteiger partial charge in [0.15, 0.2) is 5.84 Å². The predicted octanol–water partition coefficient (Wildman–Crippen LogP) is 4.03. The van der Waals surface area contributed by atoms with E-state index in [1.165, 1.54) is 4.57 Å². The number of oxime groups is 1. The van der Waals surface area contributed by atoms with Crippen molar-refractivity contribution in [1.82, 2.24) is 19.5 Å². The molecule has 0 saturated carbocycles. The molecule has 3 heterocycles. The molecule has 4 rings (SSSR count). The lowest BCUT2D eigenvalue weighted by Gasteiger charge is -2.15. The van der Waals surface area contributed by atoms with Crippen LogP contribution < -0.4 is 16.0 Å². The SMILES string of the molecule is CCCCc1nc(C)n(-c2ccc(OC)cn2)c(=O)c1Cc1ccc(-c2ccccc2/C(N)=N\O)cn1. The molecular formula is C28H30N6O3. The first-order valence-electron chi connectivity index (χ1n) is 12.1. The molecule has 0 atom stereocenters. The van der Waals surface area contributed by atoms with Crippen LogP contribution in [-0.4, -0.2) is 37.7 Å². The first-order chi connectivity index (χ1) is 18.0. The quantitative estimate of drug-likeness (QED) is 0.154. The Labute approximate surface area is 215 Å². The maximum atomic E-state index is 13.7. The Hall–Kier alpha value is -4.53. The van der Waals surface area contributed by atoms with E-state index in [0.29, 0.717) is 41.4 Å². The summed E-state index contributed by atoms with van der Waals surface area (Å²) in [5.74, 6) is 1.71. The number of rotatable bonds is 9. The van der Waals surface area contributed by atoms with Gasteiger partial charge in [0.2, 0.25) is 0 Å². The minimum Gasteiger partial charge on any atom is -0.495 e. The predicted molar refractivity (Wildman–Crippen MR) is 143 cm³/mol. The second kappa shape index (κ2) is 11.5. The first kappa shape index (κ1) is 25.6. The number of aromatic nitrogens is 4. The fraction of sp³-hybridized carbons (Fsp3) is 0.250. The summed E-state index contributed by atoms with van der Waals surface area (Å²) >= 11 is 0. The molecule has 0 spiro atoms. The average molecular weight is 499 g/mol. The van der Waals surface area contributed by atoms with Gasteiger partial charge in [0.1, 0.15) is 17.4 Å². The van der Waals surface area contributed by atoms with Gasteiger partial charge in [-0.15, -0.1) is 0 Å². The molecule has 9 nitrogen and oxygen atoms in total. The normalized spacial score (nSPS) is 11.5. The molecule has 0 amide bonds. The van der Waals surface area contributed by atoms with Gasteiger partial charge in [-0.1, -0.05) is 48.8 Å². The summed E-state index contributed by atoms with van der Waals surface area (Å²) in [5.41, 5.74) is 10.1. The van der Waals surface area contributed by atoms with E-state index >= 15 is 0 Å². The van der Waals surface area contributed by atoms with Crippen LogP contribution in [0.3, 0.4) is 0 Å². The molecule has 0 radical (unpaired) electrons. The summed E-state index contributed by atoms with van der Waals surface area (Å²) in [6.45, 7) is 3.93. The average Bonchev–Trinajstić information content (AvgIpc) is 2.94. The number of amidine groups is 1. The standard InChI is InChI=1S/C28H30N6O3/c1-4-5-10-25-24(28(35)34(18(2)32-25)26-14-13-21(37-3)17-31-26)15-20-12-11-19(16-30-20)22-8-6-7-9-23(22)27(29)33-36/h6-9,11-14,16-17,36H,4-5,10,15H2,1-3H3,(H2,29,33). The van der Waals surface area contributed by atoms with Gasteiger partial charge in [-0.25, -0.2) is 14.5 Å². The highest BCUT2D eigenvalue weighted by atomic mass is 16.5. The molecular weight excluding hydrogens is 468 g/mol. The van der Waals surface area contributed by atoms with Crippen molar-refractivity contribution in [3.63, 3.8) is 0 Å². The number of benzene rings is 1. The van der Waals surface area contributed by atoms with Gasteiger partial charge in [-0.2, -0.15) is 0 Å². The minimum atomic E-state index is -0.153. The highest BCUT2D eigenvalue weighted by Gasteiger charge is 2.18. The summed E-state index contributed by atoms with van der Waals surface area (Å²) in [6.07, 6.45) is 6.29. The Morgan fingerprint density at radius 2 is 1.92 bits per heavy atom. The number of unbranched alkanes of at least 4 members (excludes halogenated alkanes) is 1. The molecule has 4 aromatic rings. The topological polar surface area (TPSA) is 129 Å².